The van der Waals surface area contributed by atoms with E-state index in [1.807, 2.05) is 0 Å². The first kappa shape index (κ1) is 13.6. The van der Waals surface area contributed by atoms with Crippen LogP contribution in [0.3, 0.4) is 0 Å². The number of nitrogens with zero attached hydrogens (tertiary/aromatic N) is 2. The fourth-order valence-corrected chi connectivity index (χ4v) is 0.885. The molecule has 14 heavy (non-hydrogen) atoms. The van der Waals surface area contributed by atoms with Crippen LogP contribution in [0.2, 0.25) is 5.28 Å². The summed E-state index contributed by atoms with van der Waals surface area (Å²) in [6.45, 7) is 0. The van der Waals surface area contributed by atoms with Gasteiger partial charge < -0.3 is 9.47 Å². The molecule has 0 unspecified atom stereocenters. The summed E-state index contributed by atoms with van der Waals surface area (Å²) in [6.07, 6.45) is 0. The van der Waals surface area contributed by atoms with Gasteiger partial charge in [0, 0.05) is 35.6 Å². The topological polar surface area (TPSA) is 61.3 Å². The number of hydrogen-bond acceptors (Lipinski definition) is 5. The Balaban J connectivity index is 0.00000169. The van der Waals surface area contributed by atoms with Crippen LogP contribution in [0, 0.1) is 0 Å². The Kier molecular flexibility index (Phi) is 6.03. The second kappa shape index (κ2) is 6.19. The number of rotatable bonds is 2. The number of methoxy groups -OCH3 is 2. The molecule has 0 fully saturated rings. The van der Waals surface area contributed by atoms with Crippen LogP contribution in [0.4, 0.5) is 0 Å². The van der Waals surface area contributed by atoms with E-state index in [0.29, 0.717) is 0 Å². The quantitative estimate of drug-likeness (QED) is 0.418. The van der Waals surface area contributed by atoms with Gasteiger partial charge in [0.25, 0.3) is 0 Å². The van der Waals surface area contributed by atoms with Crippen molar-refractivity contribution in [3.05, 3.63) is 17.0 Å². The predicted octanol–water partition coefficient (Wildman–Crippen LogP) is 0.544. The predicted molar refractivity (Wildman–Crippen MR) is 50.7 cm³/mol. The minimum atomic E-state index is -0.581. The van der Waals surface area contributed by atoms with Crippen molar-refractivity contribution in [1.29, 1.82) is 0 Å². The van der Waals surface area contributed by atoms with Crippen LogP contribution in [-0.4, -0.2) is 59.7 Å². The summed E-state index contributed by atoms with van der Waals surface area (Å²) in [6, 6.07) is 1.34. The Morgan fingerprint density at radius 3 is 2.57 bits per heavy atom. The van der Waals surface area contributed by atoms with Crippen molar-refractivity contribution in [2.75, 3.05) is 14.2 Å². The molecule has 1 aromatic rings. The molecule has 0 aliphatic rings. The van der Waals surface area contributed by atoms with E-state index in [1.54, 1.807) is 0 Å². The third-order valence-electron chi connectivity index (χ3n) is 1.28. The van der Waals surface area contributed by atoms with E-state index in [-0.39, 0.29) is 46.4 Å². The normalized spacial score (nSPS) is 8.79. The molecule has 0 bridgehead atoms. The first-order valence-electron chi connectivity index (χ1n) is 3.34. The van der Waals surface area contributed by atoms with E-state index < -0.39 is 5.97 Å². The third-order valence-corrected chi connectivity index (χ3v) is 1.45. The van der Waals surface area contributed by atoms with Gasteiger partial charge in [0.1, 0.15) is 0 Å². The van der Waals surface area contributed by atoms with Crippen molar-refractivity contribution in [3.8, 4) is 5.88 Å². The van der Waals surface area contributed by atoms with Crippen molar-refractivity contribution < 1.29 is 14.3 Å². The number of halogens is 1. The molecule has 0 saturated heterocycles. The van der Waals surface area contributed by atoms with E-state index in [0.717, 1.165) is 0 Å². The van der Waals surface area contributed by atoms with Crippen molar-refractivity contribution in [3.63, 3.8) is 0 Å². The van der Waals surface area contributed by atoms with Crippen LogP contribution in [-0.2, 0) is 4.74 Å². The maximum Gasteiger partial charge on any atom is 0.356 e. The van der Waals surface area contributed by atoms with Gasteiger partial charge in [-0.2, -0.15) is 4.98 Å². The number of esters is 1. The molecule has 0 aromatic carbocycles. The summed E-state index contributed by atoms with van der Waals surface area (Å²) >= 11 is 5.52. The van der Waals surface area contributed by atoms with E-state index in [2.05, 4.69) is 14.7 Å². The van der Waals surface area contributed by atoms with Crippen molar-refractivity contribution >= 4 is 47.1 Å². The van der Waals surface area contributed by atoms with Gasteiger partial charge in [-0.3, -0.25) is 0 Å². The Hall–Kier alpha value is -0.360. The fraction of sp³-hybridized carbons (Fsp3) is 0.286. The van der Waals surface area contributed by atoms with Crippen molar-refractivity contribution in [2.24, 2.45) is 0 Å². The van der Waals surface area contributed by atoms with Crippen molar-refractivity contribution in [2.45, 2.75) is 0 Å². The van der Waals surface area contributed by atoms with Gasteiger partial charge in [-0.25, -0.2) is 9.78 Å². The molecule has 1 rings (SSSR count). The molecule has 0 aliphatic carbocycles. The van der Waals surface area contributed by atoms with Crippen LogP contribution in [0.25, 0.3) is 0 Å². The van der Waals surface area contributed by atoms with E-state index in [9.17, 15) is 4.79 Å². The van der Waals surface area contributed by atoms with Crippen LogP contribution in [0.1, 0.15) is 10.5 Å². The number of aromatic nitrogens is 2. The standard InChI is InChI=1S/C7H7ClN2O3.Na/c1-12-5-3-4(6(11)13-2)9-7(8)10-5;/h3H,1-2H3;. The SMILES string of the molecule is COC(=O)c1cc(OC)nc(Cl)n1.[Na]. The minimum absolute atomic E-state index is 0. The molecule has 0 saturated carbocycles. The average Bonchev–Trinajstić information content (AvgIpc) is 2.15. The van der Waals surface area contributed by atoms with Gasteiger partial charge in [-0.05, 0) is 11.6 Å². The summed E-state index contributed by atoms with van der Waals surface area (Å²) in [4.78, 5) is 18.4. The fourth-order valence-electron chi connectivity index (χ4n) is 0.711. The number of ether oxygens (including phenoxy) is 2. The Morgan fingerprint density at radius 2 is 2.07 bits per heavy atom. The summed E-state index contributed by atoms with van der Waals surface area (Å²) in [5.74, 6) is -0.358. The zero-order chi connectivity index (χ0) is 9.84. The summed E-state index contributed by atoms with van der Waals surface area (Å²) in [5.41, 5.74) is 0.0688. The maximum atomic E-state index is 11.0. The van der Waals surface area contributed by atoms with Gasteiger partial charge in [0.05, 0.1) is 14.2 Å². The average molecular weight is 226 g/mol. The Morgan fingerprint density at radius 1 is 1.43 bits per heavy atom. The maximum absolute atomic E-state index is 11.0. The second-order valence-electron chi connectivity index (χ2n) is 2.06. The van der Waals surface area contributed by atoms with Gasteiger partial charge in [-0.1, -0.05) is 0 Å². The zero-order valence-corrected chi connectivity index (χ0v) is 10.8. The van der Waals surface area contributed by atoms with Crippen LogP contribution in [0.15, 0.2) is 6.07 Å². The number of carbonyl (C=O) groups excluding carboxylic acids is 1. The second-order valence-corrected chi connectivity index (χ2v) is 2.39. The molecule has 71 valence electrons. The molecule has 1 aromatic heterocycles. The molecule has 1 heterocycles. The summed E-state index contributed by atoms with van der Waals surface area (Å²) in [5, 5.41) is -0.0558. The Labute approximate surface area is 108 Å². The zero-order valence-electron chi connectivity index (χ0n) is 8.07. The third kappa shape index (κ3) is 3.42. The van der Waals surface area contributed by atoms with Crippen molar-refractivity contribution in [1.82, 2.24) is 9.97 Å². The Bertz CT molecular complexity index is 335. The van der Waals surface area contributed by atoms with Gasteiger partial charge in [0.15, 0.2) is 5.69 Å². The summed E-state index contributed by atoms with van der Waals surface area (Å²) in [7, 11) is 2.67. The molecule has 1 radical (unpaired) electrons. The monoisotopic (exact) mass is 225 g/mol. The first-order valence-corrected chi connectivity index (χ1v) is 3.72. The summed E-state index contributed by atoms with van der Waals surface area (Å²) < 4.78 is 9.23. The first-order chi connectivity index (χ1) is 6.17. The van der Waals surface area contributed by atoms with Gasteiger partial charge >= 0.3 is 5.97 Å². The van der Waals surface area contributed by atoms with E-state index in [4.69, 9.17) is 16.3 Å². The number of carbonyl (C=O) groups is 1. The molecule has 0 amide bonds. The van der Waals surface area contributed by atoms with Crippen LogP contribution < -0.4 is 4.74 Å². The largest absolute Gasteiger partial charge is 0.481 e. The minimum Gasteiger partial charge on any atom is -0.481 e. The molecule has 0 aliphatic heterocycles. The van der Waals surface area contributed by atoms with E-state index in [1.165, 1.54) is 20.3 Å². The van der Waals surface area contributed by atoms with Crippen LogP contribution >= 0.6 is 11.6 Å². The van der Waals surface area contributed by atoms with Gasteiger partial charge in [-0.15, -0.1) is 0 Å². The molecule has 0 N–H and O–H groups in total. The van der Waals surface area contributed by atoms with E-state index >= 15 is 0 Å². The van der Waals surface area contributed by atoms with Crippen LogP contribution in [0.5, 0.6) is 5.88 Å². The molecule has 0 spiro atoms. The number of hydrogen-bond donors (Lipinski definition) is 0. The molecule has 0 atom stereocenters. The molecular weight excluding hydrogens is 219 g/mol. The molecule has 7 heteroatoms. The molecule has 5 nitrogen and oxygen atoms in total. The van der Waals surface area contributed by atoms with Gasteiger partial charge in [0.2, 0.25) is 11.2 Å². The molecular formula is C7H7ClN2NaO3. The smallest absolute Gasteiger partial charge is 0.356 e.